The van der Waals surface area contributed by atoms with Crippen LogP contribution in [-0.4, -0.2) is 40.9 Å². The standard InChI is InChI=1S/C21H28N6O2S/c1-13(2)27-12-15(10-24-27)6-7-16-9-17(26-21(22)29)19(30-16)20(28)25-18-11-23-8-4-5-14(18)3/h9-10,12-14,18,23H,4-5,8,11H2,1-3H3,(H,25,28)(H3,22,26,29)/t14-,18-/m1/s1. The highest BCUT2D eigenvalue weighted by Crippen LogP contribution is 2.27. The number of aromatic nitrogens is 2. The Morgan fingerprint density at radius 2 is 2.20 bits per heavy atom. The van der Waals surface area contributed by atoms with Gasteiger partial charge in [0.15, 0.2) is 0 Å². The number of hydrogen-bond donors (Lipinski definition) is 4. The zero-order valence-electron chi connectivity index (χ0n) is 17.5. The van der Waals surface area contributed by atoms with E-state index in [1.807, 2.05) is 24.7 Å². The van der Waals surface area contributed by atoms with Crippen LogP contribution in [0.5, 0.6) is 0 Å². The first-order valence-corrected chi connectivity index (χ1v) is 10.9. The Morgan fingerprint density at radius 3 is 2.90 bits per heavy atom. The molecule has 1 aliphatic heterocycles. The van der Waals surface area contributed by atoms with Crippen molar-refractivity contribution in [2.24, 2.45) is 11.7 Å². The van der Waals surface area contributed by atoms with Crippen LogP contribution in [0.3, 0.4) is 0 Å². The number of amides is 3. The lowest BCUT2D eigenvalue weighted by molar-refractivity contribution is 0.0929. The van der Waals surface area contributed by atoms with Crippen LogP contribution in [0.2, 0.25) is 0 Å². The third-order valence-electron chi connectivity index (χ3n) is 5.04. The number of hydrogen-bond acceptors (Lipinski definition) is 5. The molecule has 2 aromatic rings. The molecule has 0 aromatic carbocycles. The number of nitrogens with one attached hydrogen (secondary N) is 3. The summed E-state index contributed by atoms with van der Waals surface area (Å²) < 4.78 is 1.83. The summed E-state index contributed by atoms with van der Waals surface area (Å²) in [5.74, 6) is 6.25. The molecule has 1 saturated heterocycles. The van der Waals surface area contributed by atoms with Gasteiger partial charge in [-0.3, -0.25) is 9.48 Å². The van der Waals surface area contributed by atoms with Crippen molar-refractivity contribution in [3.05, 3.63) is 33.8 Å². The van der Waals surface area contributed by atoms with Gasteiger partial charge in [-0.2, -0.15) is 5.10 Å². The fourth-order valence-electron chi connectivity index (χ4n) is 3.30. The van der Waals surface area contributed by atoms with E-state index < -0.39 is 6.03 Å². The summed E-state index contributed by atoms with van der Waals surface area (Å²) in [5, 5.41) is 13.3. The number of rotatable bonds is 4. The SMILES string of the molecule is CC(C)n1cc(C#Cc2cc(NC(N)=O)c(C(=O)N[C@@H]3CNCCC[C@H]3C)s2)cn1. The Kier molecular flexibility index (Phi) is 7.13. The Labute approximate surface area is 180 Å². The summed E-state index contributed by atoms with van der Waals surface area (Å²) in [6, 6.07) is 1.24. The Balaban J connectivity index is 1.81. The average molecular weight is 429 g/mol. The quantitative estimate of drug-likeness (QED) is 0.560. The van der Waals surface area contributed by atoms with Crippen molar-refractivity contribution in [1.82, 2.24) is 20.4 Å². The van der Waals surface area contributed by atoms with E-state index in [-0.39, 0.29) is 18.0 Å². The Bertz CT molecular complexity index is 968. The second-order valence-electron chi connectivity index (χ2n) is 7.80. The Morgan fingerprint density at radius 1 is 1.40 bits per heavy atom. The van der Waals surface area contributed by atoms with Crippen molar-refractivity contribution >= 4 is 29.0 Å². The molecule has 3 heterocycles. The number of nitrogens with zero attached hydrogens (tertiary/aromatic N) is 2. The molecule has 0 aliphatic carbocycles. The molecule has 3 rings (SSSR count). The minimum atomic E-state index is -0.718. The van der Waals surface area contributed by atoms with Crippen LogP contribution in [0.1, 0.15) is 59.8 Å². The topological polar surface area (TPSA) is 114 Å². The lowest BCUT2D eigenvalue weighted by Crippen LogP contribution is -2.44. The van der Waals surface area contributed by atoms with Crippen molar-refractivity contribution in [3.63, 3.8) is 0 Å². The van der Waals surface area contributed by atoms with Crippen molar-refractivity contribution < 1.29 is 9.59 Å². The second-order valence-corrected chi connectivity index (χ2v) is 8.85. The van der Waals surface area contributed by atoms with E-state index >= 15 is 0 Å². The largest absolute Gasteiger partial charge is 0.351 e. The van der Waals surface area contributed by atoms with Crippen LogP contribution in [0.4, 0.5) is 10.5 Å². The maximum Gasteiger partial charge on any atom is 0.316 e. The lowest BCUT2D eigenvalue weighted by atomic mass is 9.98. The molecule has 0 saturated carbocycles. The monoisotopic (exact) mass is 428 g/mol. The van der Waals surface area contributed by atoms with Crippen molar-refractivity contribution in [2.45, 2.75) is 45.7 Å². The summed E-state index contributed by atoms with van der Waals surface area (Å²) in [6.45, 7) is 7.91. The molecule has 2 atom stereocenters. The molecule has 1 fully saturated rings. The van der Waals surface area contributed by atoms with Crippen molar-refractivity contribution in [1.29, 1.82) is 0 Å². The number of nitrogens with two attached hydrogens (primary N) is 1. The highest BCUT2D eigenvalue weighted by Gasteiger charge is 2.24. The van der Waals surface area contributed by atoms with Crippen LogP contribution in [-0.2, 0) is 0 Å². The van der Waals surface area contributed by atoms with Gasteiger partial charge in [-0.15, -0.1) is 11.3 Å². The molecule has 0 radical (unpaired) electrons. The fourth-order valence-corrected chi connectivity index (χ4v) is 4.17. The van der Waals surface area contributed by atoms with Gasteiger partial charge in [-0.1, -0.05) is 18.8 Å². The fraction of sp³-hybridized carbons (Fsp3) is 0.476. The molecule has 2 aromatic heterocycles. The molecule has 0 spiro atoms. The third kappa shape index (κ3) is 5.62. The average Bonchev–Trinajstić information content (AvgIpc) is 3.26. The molecule has 3 amide bonds. The van der Waals surface area contributed by atoms with Gasteiger partial charge >= 0.3 is 6.03 Å². The molecule has 0 unspecified atom stereocenters. The highest BCUT2D eigenvalue weighted by molar-refractivity contribution is 7.15. The zero-order valence-corrected chi connectivity index (χ0v) is 18.3. The van der Waals surface area contributed by atoms with Crippen LogP contribution in [0.25, 0.3) is 0 Å². The zero-order chi connectivity index (χ0) is 21.7. The summed E-state index contributed by atoms with van der Waals surface area (Å²) in [4.78, 5) is 25.4. The van der Waals surface area contributed by atoms with E-state index in [0.717, 1.165) is 31.5 Å². The number of carbonyl (C=O) groups excluding carboxylic acids is 2. The molecule has 0 bridgehead atoms. The number of anilines is 1. The van der Waals surface area contributed by atoms with E-state index in [2.05, 4.69) is 39.8 Å². The molecule has 160 valence electrons. The van der Waals surface area contributed by atoms with Gasteiger partial charge in [0.25, 0.3) is 5.91 Å². The van der Waals surface area contributed by atoms with Crippen molar-refractivity contribution in [3.8, 4) is 11.8 Å². The molecule has 30 heavy (non-hydrogen) atoms. The van der Waals surface area contributed by atoms with E-state index in [4.69, 9.17) is 5.73 Å². The molecule has 1 aliphatic rings. The van der Waals surface area contributed by atoms with Gasteiger partial charge in [0.2, 0.25) is 0 Å². The minimum absolute atomic E-state index is 0.0277. The first-order valence-electron chi connectivity index (χ1n) is 10.1. The molecule has 8 nitrogen and oxygen atoms in total. The van der Waals surface area contributed by atoms with Crippen LogP contribution in [0, 0.1) is 17.8 Å². The lowest BCUT2D eigenvalue weighted by Gasteiger charge is -2.22. The second kappa shape index (κ2) is 9.78. The number of urea groups is 1. The predicted molar refractivity (Wildman–Crippen MR) is 119 cm³/mol. The molecular formula is C21H28N6O2S. The van der Waals surface area contributed by atoms with Gasteiger partial charge in [-0.25, -0.2) is 4.79 Å². The summed E-state index contributed by atoms with van der Waals surface area (Å²) in [6.07, 6.45) is 5.73. The Hall–Kier alpha value is -2.83. The summed E-state index contributed by atoms with van der Waals surface area (Å²) in [7, 11) is 0. The van der Waals surface area contributed by atoms with Crippen LogP contribution in [0.15, 0.2) is 18.5 Å². The molecule has 5 N–H and O–H groups in total. The maximum atomic E-state index is 13.0. The van der Waals surface area contributed by atoms with Crippen LogP contribution < -0.4 is 21.7 Å². The van der Waals surface area contributed by atoms with Gasteiger partial charge < -0.3 is 21.7 Å². The summed E-state index contributed by atoms with van der Waals surface area (Å²) >= 11 is 1.23. The van der Waals surface area contributed by atoms with Gasteiger partial charge in [0.05, 0.1) is 22.3 Å². The highest BCUT2D eigenvalue weighted by atomic mass is 32.1. The maximum absolute atomic E-state index is 13.0. The van der Waals surface area contributed by atoms with Gasteiger partial charge in [-0.05, 0) is 45.2 Å². The van der Waals surface area contributed by atoms with E-state index in [1.165, 1.54) is 11.3 Å². The van der Waals surface area contributed by atoms with Gasteiger partial charge in [0.1, 0.15) is 4.88 Å². The molecule has 9 heteroatoms. The smallest absolute Gasteiger partial charge is 0.316 e. The van der Waals surface area contributed by atoms with E-state index in [9.17, 15) is 9.59 Å². The first-order chi connectivity index (χ1) is 14.3. The van der Waals surface area contributed by atoms with Gasteiger partial charge in [0, 0.05) is 24.8 Å². The first kappa shape index (κ1) is 21.9. The normalized spacial score (nSPS) is 18.9. The van der Waals surface area contributed by atoms with E-state index in [1.54, 1.807) is 12.3 Å². The van der Waals surface area contributed by atoms with Crippen LogP contribution >= 0.6 is 11.3 Å². The summed E-state index contributed by atoms with van der Waals surface area (Å²) in [5.41, 5.74) is 6.45. The minimum Gasteiger partial charge on any atom is -0.351 e. The number of primary amides is 1. The number of carbonyl (C=O) groups is 2. The third-order valence-corrected chi connectivity index (χ3v) is 6.09. The number of thiophene rings is 1. The van der Waals surface area contributed by atoms with Crippen molar-refractivity contribution in [2.75, 3.05) is 18.4 Å². The van der Waals surface area contributed by atoms with E-state index in [0.29, 0.717) is 21.4 Å². The predicted octanol–water partition coefficient (Wildman–Crippen LogP) is 2.53. The molecular weight excluding hydrogens is 400 g/mol.